The maximum absolute atomic E-state index is 11.2. The summed E-state index contributed by atoms with van der Waals surface area (Å²) in [5, 5.41) is 29.8. The van der Waals surface area contributed by atoms with Gasteiger partial charge in [-0.15, -0.1) is 0 Å². The van der Waals surface area contributed by atoms with Crippen LogP contribution in [-0.4, -0.2) is 38.8 Å². The van der Waals surface area contributed by atoms with Crippen molar-refractivity contribution in [2.24, 2.45) is 11.8 Å². The molecule has 5 nitrogen and oxygen atoms in total. The van der Waals surface area contributed by atoms with Crippen molar-refractivity contribution in [1.29, 1.82) is 0 Å². The normalized spacial score (nSPS) is 41.3. The van der Waals surface area contributed by atoms with Crippen molar-refractivity contribution in [1.82, 2.24) is 0 Å². The standard InChI is InChI=1S/C15H26O5/c1-10-8-14(18,13(16)17)9-11(2)12(10)20-15(19)6-4-3-5-7-15/h10-12,18-19H,3-9H2,1-2H3,(H,16,17)/t10-,11?,12?,14?/m1/s1. The van der Waals surface area contributed by atoms with E-state index in [0.29, 0.717) is 12.8 Å². The molecule has 0 aromatic heterocycles. The Labute approximate surface area is 119 Å². The van der Waals surface area contributed by atoms with Crippen molar-refractivity contribution in [3.63, 3.8) is 0 Å². The molecule has 0 amide bonds. The fourth-order valence-electron chi connectivity index (χ4n) is 3.82. The minimum Gasteiger partial charge on any atom is -0.479 e. The van der Waals surface area contributed by atoms with Crippen LogP contribution >= 0.6 is 0 Å². The molecule has 0 radical (unpaired) electrons. The zero-order valence-corrected chi connectivity index (χ0v) is 12.3. The number of aliphatic hydroxyl groups is 2. The second-order valence-corrected chi connectivity index (χ2v) is 6.79. The van der Waals surface area contributed by atoms with Crippen LogP contribution in [0.1, 0.15) is 58.8 Å². The molecule has 2 saturated carbocycles. The molecule has 3 unspecified atom stereocenters. The van der Waals surface area contributed by atoms with Crippen molar-refractivity contribution in [3.05, 3.63) is 0 Å². The summed E-state index contributed by atoms with van der Waals surface area (Å²) < 4.78 is 5.97. The molecule has 0 heterocycles. The number of carboxylic acid groups (broad SMARTS) is 1. The molecule has 2 rings (SSSR count). The Morgan fingerprint density at radius 2 is 1.55 bits per heavy atom. The molecule has 5 heteroatoms. The highest BCUT2D eigenvalue weighted by atomic mass is 16.6. The lowest BCUT2D eigenvalue weighted by Gasteiger charge is -2.45. The van der Waals surface area contributed by atoms with E-state index in [9.17, 15) is 15.0 Å². The smallest absolute Gasteiger partial charge is 0.335 e. The van der Waals surface area contributed by atoms with Gasteiger partial charge in [-0.05, 0) is 37.5 Å². The number of ether oxygens (including phenoxy) is 1. The van der Waals surface area contributed by atoms with Crippen molar-refractivity contribution in [2.75, 3.05) is 0 Å². The van der Waals surface area contributed by atoms with Gasteiger partial charge in [0.2, 0.25) is 0 Å². The van der Waals surface area contributed by atoms with Gasteiger partial charge in [0.15, 0.2) is 11.4 Å². The number of rotatable bonds is 3. The van der Waals surface area contributed by atoms with Crippen LogP contribution in [0.4, 0.5) is 0 Å². The van der Waals surface area contributed by atoms with Gasteiger partial charge in [-0.2, -0.15) is 0 Å². The molecule has 116 valence electrons. The minimum absolute atomic E-state index is 0.0919. The van der Waals surface area contributed by atoms with Gasteiger partial charge >= 0.3 is 5.97 Å². The molecular weight excluding hydrogens is 260 g/mol. The molecule has 0 aliphatic heterocycles. The van der Waals surface area contributed by atoms with Crippen LogP contribution in [-0.2, 0) is 9.53 Å². The third kappa shape index (κ3) is 3.15. The lowest BCUT2D eigenvalue weighted by molar-refractivity contribution is -0.273. The average molecular weight is 286 g/mol. The Bertz CT molecular complexity index is 349. The highest BCUT2D eigenvalue weighted by Crippen LogP contribution is 2.41. The second kappa shape index (κ2) is 5.62. The molecule has 0 aromatic carbocycles. The Morgan fingerprint density at radius 1 is 1.05 bits per heavy atom. The largest absolute Gasteiger partial charge is 0.479 e. The van der Waals surface area contributed by atoms with Gasteiger partial charge < -0.3 is 20.1 Å². The van der Waals surface area contributed by atoms with Gasteiger partial charge in [-0.25, -0.2) is 4.79 Å². The maximum atomic E-state index is 11.2. The quantitative estimate of drug-likeness (QED) is 0.690. The van der Waals surface area contributed by atoms with E-state index >= 15 is 0 Å². The first-order valence-electron chi connectivity index (χ1n) is 7.62. The molecule has 3 N–H and O–H groups in total. The lowest BCUT2D eigenvalue weighted by Crippen LogP contribution is -2.53. The van der Waals surface area contributed by atoms with Gasteiger partial charge in [0, 0.05) is 12.8 Å². The molecule has 0 aromatic rings. The van der Waals surface area contributed by atoms with Crippen LogP contribution in [0.25, 0.3) is 0 Å². The number of carbonyl (C=O) groups is 1. The van der Waals surface area contributed by atoms with Crippen molar-refractivity contribution in [3.8, 4) is 0 Å². The number of carboxylic acids is 1. The van der Waals surface area contributed by atoms with Crippen LogP contribution < -0.4 is 0 Å². The van der Waals surface area contributed by atoms with Crippen molar-refractivity contribution in [2.45, 2.75) is 76.3 Å². The zero-order valence-electron chi connectivity index (χ0n) is 12.3. The summed E-state index contributed by atoms with van der Waals surface area (Å²) in [5.41, 5.74) is -1.66. The third-order valence-electron chi connectivity index (χ3n) is 4.83. The summed E-state index contributed by atoms with van der Waals surface area (Å²) in [5.74, 6) is -2.41. The van der Waals surface area contributed by atoms with E-state index in [2.05, 4.69) is 0 Å². The van der Waals surface area contributed by atoms with Gasteiger partial charge in [0.05, 0.1) is 6.10 Å². The Kier molecular flexibility index (Phi) is 4.42. The first kappa shape index (κ1) is 15.7. The van der Waals surface area contributed by atoms with Crippen molar-refractivity contribution >= 4 is 5.97 Å². The summed E-state index contributed by atoms with van der Waals surface area (Å²) in [7, 11) is 0. The second-order valence-electron chi connectivity index (χ2n) is 6.79. The molecule has 20 heavy (non-hydrogen) atoms. The summed E-state index contributed by atoms with van der Waals surface area (Å²) in [6.45, 7) is 3.78. The van der Waals surface area contributed by atoms with Gasteiger partial charge in [-0.3, -0.25) is 0 Å². The Hall–Kier alpha value is -0.650. The maximum Gasteiger partial charge on any atom is 0.335 e. The third-order valence-corrected chi connectivity index (χ3v) is 4.83. The zero-order chi connectivity index (χ0) is 15.0. The number of hydrogen-bond donors (Lipinski definition) is 3. The van der Waals surface area contributed by atoms with Gasteiger partial charge in [0.25, 0.3) is 0 Å². The molecule has 2 aliphatic carbocycles. The van der Waals surface area contributed by atoms with Crippen molar-refractivity contribution < 1.29 is 24.9 Å². The van der Waals surface area contributed by atoms with Gasteiger partial charge in [-0.1, -0.05) is 20.3 Å². The Balaban J connectivity index is 2.04. The van der Waals surface area contributed by atoms with Crippen LogP contribution in [0.15, 0.2) is 0 Å². The molecule has 0 saturated heterocycles. The van der Waals surface area contributed by atoms with E-state index < -0.39 is 17.4 Å². The van der Waals surface area contributed by atoms with Crippen LogP contribution in [0.2, 0.25) is 0 Å². The predicted octanol–water partition coefficient (Wildman–Crippen LogP) is 1.91. The lowest BCUT2D eigenvalue weighted by atomic mass is 9.71. The predicted molar refractivity (Wildman–Crippen MR) is 73.1 cm³/mol. The SMILES string of the molecule is CC1CC(O)(C(=O)O)C[C@@H](C)C1OC1(O)CCCCC1. The molecule has 2 aliphatic rings. The molecule has 0 spiro atoms. The number of aliphatic carboxylic acids is 1. The Morgan fingerprint density at radius 3 is 2.00 bits per heavy atom. The fourth-order valence-corrected chi connectivity index (χ4v) is 3.82. The highest BCUT2D eigenvalue weighted by Gasteiger charge is 2.49. The van der Waals surface area contributed by atoms with E-state index in [0.717, 1.165) is 19.3 Å². The number of hydrogen-bond acceptors (Lipinski definition) is 4. The van der Waals surface area contributed by atoms with E-state index in [1.54, 1.807) is 0 Å². The summed E-state index contributed by atoms with van der Waals surface area (Å²) in [4.78, 5) is 11.2. The van der Waals surface area contributed by atoms with E-state index in [1.165, 1.54) is 0 Å². The molecular formula is C15H26O5. The van der Waals surface area contributed by atoms with Crippen LogP contribution in [0, 0.1) is 11.8 Å². The average Bonchev–Trinajstić information content (AvgIpc) is 2.35. The topological polar surface area (TPSA) is 87.0 Å². The van der Waals surface area contributed by atoms with E-state index in [1.807, 2.05) is 13.8 Å². The summed E-state index contributed by atoms with van der Waals surface area (Å²) in [6, 6.07) is 0. The van der Waals surface area contributed by atoms with Crippen LogP contribution in [0.3, 0.4) is 0 Å². The fraction of sp³-hybridized carbons (Fsp3) is 0.933. The molecule has 2 fully saturated rings. The van der Waals surface area contributed by atoms with Gasteiger partial charge in [0.1, 0.15) is 0 Å². The summed E-state index contributed by atoms with van der Waals surface area (Å²) in [6.07, 6.45) is 4.49. The highest BCUT2D eigenvalue weighted by molar-refractivity contribution is 5.77. The van der Waals surface area contributed by atoms with E-state index in [4.69, 9.17) is 9.84 Å². The first-order chi connectivity index (χ1) is 9.26. The van der Waals surface area contributed by atoms with Crippen LogP contribution in [0.5, 0.6) is 0 Å². The molecule has 0 bridgehead atoms. The molecule has 4 atom stereocenters. The first-order valence-corrected chi connectivity index (χ1v) is 7.62. The monoisotopic (exact) mass is 286 g/mol. The minimum atomic E-state index is -1.66. The van der Waals surface area contributed by atoms with E-state index in [-0.39, 0.29) is 30.8 Å². The summed E-state index contributed by atoms with van der Waals surface area (Å²) >= 11 is 0.